The SMILES string of the molecule is COc1ccc(Cc2nc(N)nn2-c2cc(OCc3ccc(-c4ccncc4)cc3)ncn2)cc1OC. The number of rotatable bonds is 9. The van der Waals surface area contributed by atoms with Crippen molar-refractivity contribution in [1.82, 2.24) is 29.7 Å². The van der Waals surface area contributed by atoms with E-state index < -0.39 is 0 Å². The molecule has 0 unspecified atom stereocenters. The molecule has 0 atom stereocenters. The third kappa shape index (κ3) is 5.48. The van der Waals surface area contributed by atoms with Crippen LogP contribution < -0.4 is 19.9 Å². The summed E-state index contributed by atoms with van der Waals surface area (Å²) in [6.07, 6.45) is 5.44. The maximum atomic E-state index is 5.94. The van der Waals surface area contributed by atoms with E-state index in [9.17, 15) is 0 Å². The molecule has 37 heavy (non-hydrogen) atoms. The Morgan fingerprint density at radius 1 is 0.811 bits per heavy atom. The molecule has 5 aromatic rings. The fraction of sp³-hybridized carbons (Fsp3) is 0.148. The molecule has 0 fully saturated rings. The van der Waals surface area contributed by atoms with Gasteiger partial charge in [0.25, 0.3) is 0 Å². The topological polar surface area (TPSA) is 123 Å². The lowest BCUT2D eigenvalue weighted by atomic mass is 10.1. The first-order valence-electron chi connectivity index (χ1n) is 11.5. The maximum Gasteiger partial charge on any atom is 0.240 e. The number of nitrogens with two attached hydrogens (primary N) is 1. The number of pyridine rings is 1. The zero-order valence-corrected chi connectivity index (χ0v) is 20.4. The molecule has 3 aromatic heterocycles. The molecule has 10 nitrogen and oxygen atoms in total. The number of hydrogen-bond acceptors (Lipinski definition) is 9. The van der Waals surface area contributed by atoms with Crippen LogP contribution in [0.3, 0.4) is 0 Å². The molecule has 0 saturated heterocycles. The van der Waals surface area contributed by atoms with E-state index in [0.29, 0.717) is 42.0 Å². The van der Waals surface area contributed by atoms with Crippen molar-refractivity contribution in [1.29, 1.82) is 0 Å². The second-order valence-corrected chi connectivity index (χ2v) is 8.10. The van der Waals surface area contributed by atoms with Gasteiger partial charge in [0.15, 0.2) is 17.3 Å². The Balaban J connectivity index is 1.31. The third-order valence-corrected chi connectivity index (χ3v) is 5.70. The molecule has 0 amide bonds. The largest absolute Gasteiger partial charge is 0.493 e. The number of anilines is 1. The van der Waals surface area contributed by atoms with E-state index in [4.69, 9.17) is 19.9 Å². The van der Waals surface area contributed by atoms with Crippen molar-refractivity contribution in [2.75, 3.05) is 20.0 Å². The monoisotopic (exact) mass is 495 g/mol. The lowest BCUT2D eigenvalue weighted by Crippen LogP contribution is -2.07. The molecule has 10 heteroatoms. The smallest absolute Gasteiger partial charge is 0.240 e. The molecule has 186 valence electrons. The summed E-state index contributed by atoms with van der Waals surface area (Å²) >= 11 is 0. The molecule has 2 aromatic carbocycles. The van der Waals surface area contributed by atoms with Crippen LogP contribution >= 0.6 is 0 Å². The predicted octanol–water partition coefficient (Wildman–Crippen LogP) is 3.89. The molecule has 5 rings (SSSR count). The Kier molecular flexibility index (Phi) is 6.89. The van der Waals surface area contributed by atoms with Crippen LogP contribution in [0.1, 0.15) is 17.0 Å². The summed E-state index contributed by atoms with van der Waals surface area (Å²) in [5.74, 6) is 2.95. The predicted molar refractivity (Wildman–Crippen MR) is 138 cm³/mol. The molecule has 0 aliphatic rings. The minimum absolute atomic E-state index is 0.144. The van der Waals surface area contributed by atoms with E-state index in [-0.39, 0.29) is 5.95 Å². The normalized spacial score (nSPS) is 10.8. The molecular formula is C27H25N7O3. The first-order chi connectivity index (χ1) is 18.1. The average molecular weight is 496 g/mol. The highest BCUT2D eigenvalue weighted by molar-refractivity contribution is 5.62. The number of methoxy groups -OCH3 is 2. The fourth-order valence-electron chi connectivity index (χ4n) is 3.85. The summed E-state index contributed by atoms with van der Waals surface area (Å²) < 4.78 is 18.3. The van der Waals surface area contributed by atoms with Gasteiger partial charge >= 0.3 is 0 Å². The van der Waals surface area contributed by atoms with Crippen molar-refractivity contribution in [3.8, 4) is 34.3 Å². The van der Waals surface area contributed by atoms with E-state index >= 15 is 0 Å². The Bertz CT molecular complexity index is 1490. The summed E-state index contributed by atoms with van der Waals surface area (Å²) in [5, 5.41) is 4.33. The van der Waals surface area contributed by atoms with Gasteiger partial charge < -0.3 is 19.9 Å². The van der Waals surface area contributed by atoms with Crippen LogP contribution in [0.5, 0.6) is 17.4 Å². The van der Waals surface area contributed by atoms with Gasteiger partial charge in [-0.3, -0.25) is 4.98 Å². The van der Waals surface area contributed by atoms with E-state index in [0.717, 1.165) is 22.3 Å². The Hall–Kier alpha value is -4.99. The van der Waals surface area contributed by atoms with Gasteiger partial charge in [0.05, 0.1) is 14.2 Å². The summed E-state index contributed by atoms with van der Waals surface area (Å²) in [6.45, 7) is 0.352. The molecule has 2 N–H and O–H groups in total. The van der Waals surface area contributed by atoms with Crippen molar-refractivity contribution >= 4 is 5.95 Å². The zero-order valence-electron chi connectivity index (χ0n) is 20.4. The Labute approximate surface area is 213 Å². The van der Waals surface area contributed by atoms with Crippen molar-refractivity contribution in [2.24, 2.45) is 0 Å². The second kappa shape index (κ2) is 10.7. The minimum Gasteiger partial charge on any atom is -0.493 e. The number of benzene rings is 2. The van der Waals surface area contributed by atoms with Gasteiger partial charge in [0.2, 0.25) is 11.8 Å². The molecular weight excluding hydrogens is 470 g/mol. The lowest BCUT2D eigenvalue weighted by molar-refractivity contribution is 0.293. The van der Waals surface area contributed by atoms with Gasteiger partial charge in [-0.05, 0) is 46.5 Å². The van der Waals surface area contributed by atoms with Crippen LogP contribution in [0.15, 0.2) is 79.4 Å². The maximum absolute atomic E-state index is 5.94. The molecule has 0 radical (unpaired) electrons. The highest BCUT2D eigenvalue weighted by Crippen LogP contribution is 2.28. The van der Waals surface area contributed by atoms with Gasteiger partial charge in [-0.2, -0.15) is 9.67 Å². The Morgan fingerprint density at radius 2 is 1.54 bits per heavy atom. The summed E-state index contributed by atoms with van der Waals surface area (Å²) in [4.78, 5) is 17.0. The van der Waals surface area contributed by atoms with Gasteiger partial charge in [0.1, 0.15) is 18.8 Å². The number of aromatic nitrogens is 6. The van der Waals surface area contributed by atoms with Crippen molar-refractivity contribution in [2.45, 2.75) is 13.0 Å². The molecule has 3 heterocycles. The number of nitrogen functional groups attached to an aromatic ring is 1. The lowest BCUT2D eigenvalue weighted by Gasteiger charge is -2.10. The summed E-state index contributed by atoms with van der Waals surface area (Å²) in [7, 11) is 3.20. The van der Waals surface area contributed by atoms with E-state index in [1.165, 1.54) is 6.33 Å². The average Bonchev–Trinajstić information content (AvgIpc) is 3.32. The number of hydrogen-bond donors (Lipinski definition) is 1. The number of nitrogens with zero attached hydrogens (tertiary/aromatic N) is 6. The summed E-state index contributed by atoms with van der Waals surface area (Å²) in [5.41, 5.74) is 10.1. The standard InChI is InChI=1S/C27H25N7O3/c1-35-22-8-5-19(13-23(22)36-2)14-25-32-27(28)33-34(25)24-15-26(31-17-30-24)37-16-18-3-6-20(7-4-18)21-9-11-29-12-10-21/h3-13,15,17H,14,16H2,1-2H3,(H2,28,33). The Morgan fingerprint density at radius 3 is 2.30 bits per heavy atom. The van der Waals surface area contributed by atoms with Crippen LogP contribution in [-0.4, -0.2) is 43.9 Å². The van der Waals surface area contributed by atoms with Crippen LogP contribution in [-0.2, 0) is 13.0 Å². The van der Waals surface area contributed by atoms with Crippen LogP contribution in [0.2, 0.25) is 0 Å². The quantitative estimate of drug-likeness (QED) is 0.324. The summed E-state index contributed by atoms with van der Waals surface area (Å²) in [6, 6.07) is 19.5. The molecule has 0 spiro atoms. The van der Waals surface area contributed by atoms with Crippen LogP contribution in [0, 0.1) is 0 Å². The molecule has 0 aliphatic heterocycles. The third-order valence-electron chi connectivity index (χ3n) is 5.70. The van der Waals surface area contributed by atoms with Crippen LogP contribution in [0.4, 0.5) is 5.95 Å². The van der Waals surface area contributed by atoms with Crippen molar-refractivity contribution < 1.29 is 14.2 Å². The number of ether oxygens (including phenoxy) is 3. The van der Waals surface area contributed by atoms with Crippen LogP contribution in [0.25, 0.3) is 16.9 Å². The fourth-order valence-corrected chi connectivity index (χ4v) is 3.85. The van der Waals surface area contributed by atoms with Gasteiger partial charge in [-0.25, -0.2) is 9.97 Å². The van der Waals surface area contributed by atoms with Gasteiger partial charge in [-0.1, -0.05) is 30.3 Å². The first-order valence-corrected chi connectivity index (χ1v) is 11.5. The van der Waals surface area contributed by atoms with Gasteiger partial charge in [-0.15, -0.1) is 5.10 Å². The van der Waals surface area contributed by atoms with Gasteiger partial charge in [0, 0.05) is 24.9 Å². The zero-order chi connectivity index (χ0) is 25.6. The molecule has 0 aliphatic carbocycles. The van der Waals surface area contributed by atoms with E-state index in [1.54, 1.807) is 37.4 Å². The van der Waals surface area contributed by atoms with E-state index in [1.807, 2.05) is 42.5 Å². The molecule has 0 bridgehead atoms. The van der Waals surface area contributed by atoms with Crippen molar-refractivity contribution in [3.05, 3.63) is 96.3 Å². The first kappa shape index (κ1) is 23.7. The molecule has 0 saturated carbocycles. The van der Waals surface area contributed by atoms with E-state index in [2.05, 4.69) is 37.2 Å². The minimum atomic E-state index is 0.144. The van der Waals surface area contributed by atoms with Crippen molar-refractivity contribution in [3.63, 3.8) is 0 Å². The highest BCUT2D eigenvalue weighted by Gasteiger charge is 2.15. The second-order valence-electron chi connectivity index (χ2n) is 8.10. The highest BCUT2D eigenvalue weighted by atomic mass is 16.5.